The van der Waals surface area contributed by atoms with Crippen LogP contribution in [0, 0.1) is 17.3 Å². The van der Waals surface area contributed by atoms with Crippen LogP contribution >= 0.6 is 0 Å². The molecule has 1 heterocycles. The quantitative estimate of drug-likeness (QED) is 0.632. The highest BCUT2D eigenvalue weighted by atomic mass is 16.2. The maximum atomic E-state index is 11.6. The van der Waals surface area contributed by atoms with Gasteiger partial charge in [-0.15, -0.1) is 0 Å². The molecule has 1 aliphatic heterocycles. The lowest BCUT2D eigenvalue weighted by Gasteiger charge is -2.26. The first-order valence-electron chi connectivity index (χ1n) is 7.23. The van der Waals surface area contributed by atoms with E-state index in [2.05, 4.69) is 18.7 Å². The normalized spacial score (nSPS) is 33.5. The Balaban J connectivity index is 2.04. The molecule has 0 spiro atoms. The summed E-state index contributed by atoms with van der Waals surface area (Å²) in [5.41, 5.74) is 0.521. The minimum absolute atomic E-state index is 0.272. The lowest BCUT2D eigenvalue weighted by Crippen LogP contribution is -2.33. The van der Waals surface area contributed by atoms with E-state index in [0.29, 0.717) is 5.41 Å². The Labute approximate surface area is 106 Å². The Morgan fingerprint density at radius 3 is 2.41 bits per heavy atom. The molecule has 0 aromatic carbocycles. The molecular formula is C15H27NO. The van der Waals surface area contributed by atoms with Crippen molar-refractivity contribution in [1.29, 1.82) is 0 Å². The van der Waals surface area contributed by atoms with Gasteiger partial charge in [0, 0.05) is 20.0 Å². The van der Waals surface area contributed by atoms with Crippen molar-refractivity contribution in [1.82, 2.24) is 4.90 Å². The molecule has 1 saturated carbocycles. The molecule has 98 valence electrons. The van der Waals surface area contributed by atoms with E-state index in [1.54, 1.807) is 6.92 Å². The molecule has 0 bridgehead atoms. The van der Waals surface area contributed by atoms with Crippen LogP contribution in [0.4, 0.5) is 0 Å². The second-order valence-electron chi connectivity index (χ2n) is 6.87. The third kappa shape index (κ3) is 3.23. The first-order chi connectivity index (χ1) is 7.98. The number of nitrogens with zero attached hydrogens (tertiary/aromatic N) is 1. The van der Waals surface area contributed by atoms with Crippen LogP contribution in [0.3, 0.4) is 0 Å². The molecule has 1 amide bonds. The third-order valence-electron chi connectivity index (χ3n) is 4.95. The van der Waals surface area contributed by atoms with Crippen LogP contribution in [0.5, 0.6) is 0 Å². The van der Waals surface area contributed by atoms with Crippen molar-refractivity contribution in [3.63, 3.8) is 0 Å². The molecule has 0 radical (unpaired) electrons. The average Bonchev–Trinajstić information content (AvgIpc) is 2.52. The van der Waals surface area contributed by atoms with Crippen LogP contribution in [-0.2, 0) is 4.79 Å². The summed E-state index contributed by atoms with van der Waals surface area (Å²) < 4.78 is 0. The highest BCUT2D eigenvalue weighted by molar-refractivity contribution is 5.73. The average molecular weight is 237 g/mol. The Hall–Kier alpha value is -0.530. The van der Waals surface area contributed by atoms with Crippen LogP contribution in [0.1, 0.15) is 59.3 Å². The molecule has 2 aliphatic rings. The number of amides is 1. The van der Waals surface area contributed by atoms with Crippen molar-refractivity contribution in [3.05, 3.63) is 0 Å². The summed E-state index contributed by atoms with van der Waals surface area (Å²) in [6.45, 7) is 8.55. The highest BCUT2D eigenvalue weighted by Gasteiger charge is 2.33. The van der Waals surface area contributed by atoms with Crippen LogP contribution in [0.2, 0.25) is 0 Å². The lowest BCUT2D eigenvalue weighted by molar-refractivity contribution is -0.129. The van der Waals surface area contributed by atoms with E-state index < -0.39 is 0 Å². The fourth-order valence-corrected chi connectivity index (χ4v) is 3.57. The van der Waals surface area contributed by atoms with Gasteiger partial charge in [0.25, 0.3) is 0 Å². The Bertz CT molecular complexity index is 285. The van der Waals surface area contributed by atoms with Gasteiger partial charge >= 0.3 is 0 Å². The molecule has 2 rings (SSSR count). The van der Waals surface area contributed by atoms with Gasteiger partial charge in [0.2, 0.25) is 5.91 Å². The standard InChI is InChI=1S/C15H27NO/c1-12(17)16-10-4-5-13-6-8-15(2,3)9-7-14(13)11-16/h13-14H,4-11H2,1-3H3. The summed E-state index contributed by atoms with van der Waals surface area (Å²) in [4.78, 5) is 13.7. The number of fused-ring (bicyclic) bond motifs is 1. The number of carbonyl (C=O) groups is 1. The molecule has 2 heteroatoms. The summed E-state index contributed by atoms with van der Waals surface area (Å²) in [6.07, 6.45) is 7.95. The predicted octanol–water partition coefficient (Wildman–Crippen LogP) is 3.46. The van der Waals surface area contributed by atoms with Gasteiger partial charge in [-0.25, -0.2) is 0 Å². The number of likely N-dealkylation sites (tertiary alicyclic amines) is 1. The molecule has 2 fully saturated rings. The van der Waals surface area contributed by atoms with E-state index in [0.717, 1.165) is 24.9 Å². The van der Waals surface area contributed by atoms with E-state index in [1.165, 1.54) is 38.5 Å². The van der Waals surface area contributed by atoms with Crippen LogP contribution in [0.25, 0.3) is 0 Å². The van der Waals surface area contributed by atoms with Crippen molar-refractivity contribution in [2.75, 3.05) is 13.1 Å². The van der Waals surface area contributed by atoms with Gasteiger partial charge in [-0.3, -0.25) is 4.79 Å². The van der Waals surface area contributed by atoms with Crippen LogP contribution in [0.15, 0.2) is 0 Å². The lowest BCUT2D eigenvalue weighted by atomic mass is 9.84. The third-order valence-corrected chi connectivity index (χ3v) is 4.95. The fraction of sp³-hybridized carbons (Fsp3) is 0.933. The summed E-state index contributed by atoms with van der Waals surface area (Å²) in [5, 5.41) is 0. The van der Waals surface area contributed by atoms with E-state index in [4.69, 9.17) is 0 Å². The molecule has 2 atom stereocenters. The largest absolute Gasteiger partial charge is 0.343 e. The number of carbonyl (C=O) groups excluding carboxylic acids is 1. The van der Waals surface area contributed by atoms with E-state index in [1.807, 2.05) is 0 Å². The SMILES string of the molecule is CC(=O)N1CCCC2CCC(C)(C)CCC2C1. The molecule has 1 saturated heterocycles. The van der Waals surface area contributed by atoms with Gasteiger partial charge in [-0.1, -0.05) is 13.8 Å². The summed E-state index contributed by atoms with van der Waals surface area (Å²) in [6, 6.07) is 0. The van der Waals surface area contributed by atoms with Gasteiger partial charge in [0.1, 0.15) is 0 Å². The minimum Gasteiger partial charge on any atom is -0.343 e. The summed E-state index contributed by atoms with van der Waals surface area (Å²) >= 11 is 0. The molecule has 17 heavy (non-hydrogen) atoms. The van der Waals surface area contributed by atoms with E-state index in [9.17, 15) is 4.79 Å². The maximum Gasteiger partial charge on any atom is 0.219 e. The van der Waals surface area contributed by atoms with E-state index >= 15 is 0 Å². The Morgan fingerprint density at radius 2 is 1.76 bits per heavy atom. The number of rotatable bonds is 0. The first-order valence-corrected chi connectivity index (χ1v) is 7.23. The van der Waals surface area contributed by atoms with Crippen LogP contribution < -0.4 is 0 Å². The highest BCUT2D eigenvalue weighted by Crippen LogP contribution is 2.41. The molecule has 0 aromatic heterocycles. The summed E-state index contributed by atoms with van der Waals surface area (Å²) in [5.74, 6) is 1.92. The van der Waals surface area contributed by atoms with Crippen LogP contribution in [-0.4, -0.2) is 23.9 Å². The molecular weight excluding hydrogens is 210 g/mol. The smallest absolute Gasteiger partial charge is 0.219 e. The zero-order chi connectivity index (χ0) is 12.5. The zero-order valence-electron chi connectivity index (χ0n) is 11.7. The Kier molecular flexibility index (Phi) is 3.79. The number of hydrogen-bond acceptors (Lipinski definition) is 1. The van der Waals surface area contributed by atoms with Gasteiger partial charge in [0.15, 0.2) is 0 Å². The summed E-state index contributed by atoms with van der Waals surface area (Å²) in [7, 11) is 0. The second kappa shape index (κ2) is 4.99. The zero-order valence-corrected chi connectivity index (χ0v) is 11.7. The molecule has 0 N–H and O–H groups in total. The van der Waals surface area contributed by atoms with Crippen molar-refractivity contribution in [2.24, 2.45) is 17.3 Å². The van der Waals surface area contributed by atoms with Crippen molar-refractivity contribution >= 4 is 5.91 Å². The fourth-order valence-electron chi connectivity index (χ4n) is 3.57. The molecule has 2 nitrogen and oxygen atoms in total. The van der Waals surface area contributed by atoms with Crippen molar-refractivity contribution in [3.8, 4) is 0 Å². The minimum atomic E-state index is 0.272. The monoisotopic (exact) mass is 237 g/mol. The Morgan fingerprint density at radius 1 is 1.12 bits per heavy atom. The maximum absolute atomic E-state index is 11.6. The van der Waals surface area contributed by atoms with Crippen molar-refractivity contribution < 1.29 is 4.79 Å². The molecule has 2 unspecified atom stereocenters. The molecule has 0 aromatic rings. The van der Waals surface area contributed by atoms with E-state index in [-0.39, 0.29) is 5.91 Å². The second-order valence-corrected chi connectivity index (χ2v) is 6.87. The van der Waals surface area contributed by atoms with Gasteiger partial charge in [-0.2, -0.15) is 0 Å². The predicted molar refractivity (Wildman–Crippen MR) is 70.7 cm³/mol. The number of hydrogen-bond donors (Lipinski definition) is 0. The first kappa shape index (κ1) is 12.9. The topological polar surface area (TPSA) is 20.3 Å². The van der Waals surface area contributed by atoms with Gasteiger partial charge < -0.3 is 4.90 Å². The molecule has 1 aliphatic carbocycles. The van der Waals surface area contributed by atoms with Crippen molar-refractivity contribution in [2.45, 2.75) is 59.3 Å². The van der Waals surface area contributed by atoms with Gasteiger partial charge in [-0.05, 0) is 55.8 Å². The van der Waals surface area contributed by atoms with Gasteiger partial charge in [0.05, 0.1) is 0 Å².